The minimum atomic E-state index is -4.71. The lowest BCUT2D eigenvalue weighted by Crippen LogP contribution is -2.50. The first-order valence-corrected chi connectivity index (χ1v) is 11.4. The summed E-state index contributed by atoms with van der Waals surface area (Å²) in [5.41, 5.74) is 0.514. The molecule has 1 aromatic carbocycles. The molecule has 1 aliphatic rings. The highest BCUT2D eigenvalue weighted by molar-refractivity contribution is 6.60. The van der Waals surface area contributed by atoms with Gasteiger partial charge in [0.25, 0.3) is 0 Å². The van der Waals surface area contributed by atoms with E-state index in [1.54, 1.807) is 24.3 Å². The van der Waals surface area contributed by atoms with Gasteiger partial charge >= 0.3 is 12.4 Å². The van der Waals surface area contributed by atoms with Gasteiger partial charge in [0.15, 0.2) is 8.96 Å². The van der Waals surface area contributed by atoms with Crippen molar-refractivity contribution in [1.29, 1.82) is 0 Å². The molecule has 1 aromatic heterocycles. The van der Waals surface area contributed by atoms with Gasteiger partial charge in [0.2, 0.25) is 11.8 Å². The fourth-order valence-electron chi connectivity index (χ4n) is 2.79. The molecule has 13 heteroatoms. The van der Waals surface area contributed by atoms with Gasteiger partial charge in [-0.2, -0.15) is 0 Å². The lowest BCUT2D eigenvalue weighted by Gasteiger charge is -2.27. The third kappa shape index (κ3) is 6.70. The third-order valence-electron chi connectivity index (χ3n) is 4.13. The highest BCUT2D eigenvalue weighted by atomic mass is 35.5. The normalized spacial score (nSPS) is 19.7. The van der Waals surface area contributed by atoms with Gasteiger partial charge in [0, 0.05) is 16.8 Å². The largest absolute Gasteiger partial charge is 0.522 e. The number of carbonyl (C=O) groups excluding carboxylic acids is 1. The number of benzene rings is 1. The molecular formula is C16H18ClF3N4O4Si. The summed E-state index contributed by atoms with van der Waals surface area (Å²) in [7, 11) is -1.56. The number of alkyl halides is 3. The molecule has 1 fully saturated rings. The van der Waals surface area contributed by atoms with Crippen molar-refractivity contribution < 1.29 is 31.9 Å². The Morgan fingerprint density at radius 2 is 2.21 bits per heavy atom. The van der Waals surface area contributed by atoms with E-state index in [1.807, 2.05) is 0 Å². The SMILES string of the molecule is O=C(N[Si@H]1CC[C@H](c2nnc(OCCOC(F)(F)F)o2)NC1)c1cccc(Cl)c1. The molecule has 1 amide bonds. The first-order chi connectivity index (χ1) is 13.8. The topological polar surface area (TPSA) is 98.5 Å². The maximum Gasteiger partial charge on any atom is 0.522 e. The number of nitrogens with one attached hydrogen (secondary N) is 2. The van der Waals surface area contributed by atoms with Crippen molar-refractivity contribution in [3.63, 3.8) is 0 Å². The number of hydrogen-bond acceptors (Lipinski definition) is 7. The zero-order valence-corrected chi connectivity index (χ0v) is 16.9. The number of ether oxygens (including phenoxy) is 2. The minimum absolute atomic E-state index is 0.154. The predicted molar refractivity (Wildman–Crippen MR) is 98.0 cm³/mol. The molecule has 2 aromatic rings. The summed E-state index contributed by atoms with van der Waals surface area (Å²) >= 11 is 5.91. The molecule has 2 atom stereocenters. The lowest BCUT2D eigenvalue weighted by molar-refractivity contribution is -0.325. The van der Waals surface area contributed by atoms with E-state index in [4.69, 9.17) is 20.8 Å². The Kier molecular flexibility index (Phi) is 7.11. The molecule has 2 heterocycles. The molecule has 2 N–H and O–H groups in total. The summed E-state index contributed by atoms with van der Waals surface area (Å²) in [6.07, 6.45) is -3.64. The molecule has 158 valence electrons. The van der Waals surface area contributed by atoms with E-state index in [1.165, 1.54) is 0 Å². The number of nitrogens with zero attached hydrogens (tertiary/aromatic N) is 2. The molecule has 0 radical (unpaired) electrons. The molecular weight excluding hydrogens is 433 g/mol. The Morgan fingerprint density at radius 1 is 1.38 bits per heavy atom. The second kappa shape index (κ2) is 9.56. The van der Waals surface area contributed by atoms with Gasteiger partial charge in [-0.25, -0.2) is 0 Å². The van der Waals surface area contributed by atoms with Crippen LogP contribution in [0.3, 0.4) is 0 Å². The highest BCUT2D eigenvalue weighted by Crippen LogP contribution is 2.24. The predicted octanol–water partition coefficient (Wildman–Crippen LogP) is 2.37. The number of aromatic nitrogens is 2. The Balaban J connectivity index is 1.42. The number of rotatable bonds is 7. The van der Waals surface area contributed by atoms with E-state index in [2.05, 4.69) is 25.2 Å². The molecule has 29 heavy (non-hydrogen) atoms. The van der Waals surface area contributed by atoms with Crippen molar-refractivity contribution in [2.45, 2.75) is 24.9 Å². The van der Waals surface area contributed by atoms with Gasteiger partial charge in [-0.05, 0) is 30.7 Å². The summed E-state index contributed by atoms with van der Waals surface area (Å²) < 4.78 is 49.5. The summed E-state index contributed by atoms with van der Waals surface area (Å²) in [4.78, 5) is 15.4. The van der Waals surface area contributed by atoms with Gasteiger partial charge < -0.3 is 19.5 Å². The lowest BCUT2D eigenvalue weighted by atomic mass is 10.2. The van der Waals surface area contributed by atoms with Crippen LogP contribution >= 0.6 is 11.6 Å². The number of hydrogen-bond donors (Lipinski definition) is 2. The van der Waals surface area contributed by atoms with Crippen LogP contribution in [0.25, 0.3) is 0 Å². The molecule has 0 unspecified atom stereocenters. The summed E-state index contributed by atoms with van der Waals surface area (Å²) in [5.74, 6) is 0.129. The van der Waals surface area contributed by atoms with Crippen molar-refractivity contribution in [3.05, 3.63) is 40.7 Å². The van der Waals surface area contributed by atoms with Crippen LogP contribution in [0, 0.1) is 0 Å². The van der Waals surface area contributed by atoms with Crippen molar-refractivity contribution in [1.82, 2.24) is 20.5 Å². The molecule has 0 saturated carbocycles. The second-order valence-corrected chi connectivity index (χ2v) is 9.37. The van der Waals surface area contributed by atoms with Gasteiger partial charge in [0.1, 0.15) is 6.61 Å². The quantitative estimate of drug-likeness (QED) is 0.493. The van der Waals surface area contributed by atoms with Crippen molar-refractivity contribution in [2.75, 3.05) is 19.4 Å². The van der Waals surface area contributed by atoms with Gasteiger partial charge in [-0.1, -0.05) is 22.8 Å². The van der Waals surface area contributed by atoms with Crippen molar-refractivity contribution in [2.24, 2.45) is 0 Å². The van der Waals surface area contributed by atoms with Crippen LogP contribution in [0.15, 0.2) is 28.7 Å². The Hall–Kier alpha value is -2.15. The summed E-state index contributed by atoms with van der Waals surface area (Å²) in [6.45, 7) is -1.05. The van der Waals surface area contributed by atoms with Gasteiger partial charge in [0.05, 0.1) is 12.6 Å². The fourth-order valence-corrected chi connectivity index (χ4v) is 5.28. The maximum atomic E-state index is 12.3. The minimum Gasteiger partial charge on any atom is -0.447 e. The van der Waals surface area contributed by atoms with Crippen LogP contribution in [-0.4, -0.2) is 50.8 Å². The van der Waals surface area contributed by atoms with E-state index in [0.29, 0.717) is 23.2 Å². The Morgan fingerprint density at radius 3 is 2.90 bits per heavy atom. The third-order valence-corrected chi connectivity index (χ3v) is 6.80. The number of amides is 1. The van der Waals surface area contributed by atoms with Crippen LogP contribution in [0.2, 0.25) is 11.1 Å². The standard InChI is InChI=1S/C16H18ClF3N4O4Si/c17-11-3-1-2-10(8-11)13(25)24-29-7-4-12(21-9-29)14-22-23-15(28-14)26-5-6-27-16(18,19)20/h1-3,8,12,21,29H,4-7,9H2,(H,24,25)/t12-,29+/m1/s1. The summed E-state index contributed by atoms with van der Waals surface area (Å²) in [6, 6.07) is 7.34. The molecule has 0 bridgehead atoms. The van der Waals surface area contributed by atoms with Gasteiger partial charge in [-0.3, -0.25) is 9.53 Å². The van der Waals surface area contributed by atoms with Crippen LogP contribution in [0.1, 0.15) is 28.7 Å². The second-order valence-electron chi connectivity index (χ2n) is 6.27. The first kappa shape index (κ1) is 21.6. The van der Waals surface area contributed by atoms with Crippen LogP contribution < -0.4 is 15.0 Å². The summed E-state index contributed by atoms with van der Waals surface area (Å²) in [5, 5.41) is 11.3. The van der Waals surface area contributed by atoms with Crippen LogP contribution in [-0.2, 0) is 4.74 Å². The Labute approximate surface area is 170 Å². The highest BCUT2D eigenvalue weighted by Gasteiger charge is 2.30. The zero-order chi connectivity index (χ0) is 20.9. The number of carbonyl (C=O) groups is 1. The Bertz CT molecular complexity index is 830. The van der Waals surface area contributed by atoms with E-state index < -0.39 is 21.9 Å². The molecule has 1 aliphatic heterocycles. The molecule has 0 spiro atoms. The van der Waals surface area contributed by atoms with Crippen molar-refractivity contribution >= 4 is 26.5 Å². The van der Waals surface area contributed by atoms with E-state index in [9.17, 15) is 18.0 Å². The smallest absolute Gasteiger partial charge is 0.447 e. The van der Waals surface area contributed by atoms with Gasteiger partial charge in [-0.15, -0.1) is 18.3 Å². The monoisotopic (exact) mass is 450 g/mol. The molecule has 3 rings (SSSR count). The zero-order valence-electron chi connectivity index (χ0n) is 15.0. The van der Waals surface area contributed by atoms with E-state index in [-0.39, 0.29) is 30.5 Å². The van der Waals surface area contributed by atoms with E-state index in [0.717, 1.165) is 6.04 Å². The first-order valence-electron chi connectivity index (χ1n) is 8.77. The van der Waals surface area contributed by atoms with Crippen molar-refractivity contribution in [3.8, 4) is 6.08 Å². The molecule has 0 aliphatic carbocycles. The van der Waals surface area contributed by atoms with Crippen LogP contribution in [0.5, 0.6) is 6.08 Å². The molecule has 1 saturated heterocycles. The average molecular weight is 451 g/mol. The van der Waals surface area contributed by atoms with Crippen LogP contribution in [0.4, 0.5) is 13.2 Å². The fraction of sp³-hybridized carbons (Fsp3) is 0.438. The molecule has 8 nitrogen and oxygen atoms in total. The van der Waals surface area contributed by atoms with E-state index >= 15 is 0 Å². The average Bonchev–Trinajstić information content (AvgIpc) is 3.14. The number of halogens is 4. The maximum absolute atomic E-state index is 12.3.